The van der Waals surface area contributed by atoms with E-state index in [1.807, 2.05) is 0 Å². The summed E-state index contributed by atoms with van der Waals surface area (Å²) < 4.78 is 14.3. The van der Waals surface area contributed by atoms with Gasteiger partial charge in [0.15, 0.2) is 0 Å². The lowest BCUT2D eigenvalue weighted by atomic mass is 9.79. The largest absolute Gasteiger partial charge is 0.270 e. The van der Waals surface area contributed by atoms with Gasteiger partial charge < -0.3 is 0 Å². The normalized spacial score (nSPS) is 14.4. The van der Waals surface area contributed by atoms with Crippen LogP contribution in [-0.2, 0) is 5.41 Å². The molecule has 1 rings (SSSR count). The Bertz CT molecular complexity index is 394. The Kier molecular flexibility index (Phi) is 8.56. The molecule has 1 nitrogen and oxygen atoms in total. The standard InChI is InChI=1S/C16H27FINS/c1-4-6-8-10-12-16(3,11-9-7-5-2)13-14(18)19-15(17)20-13/h4-12H2,1-3H3. The smallest absolute Gasteiger partial charge is 0.203 e. The predicted octanol–water partition coefficient (Wildman–Crippen LogP) is 6.70. The molecule has 0 spiro atoms. The summed E-state index contributed by atoms with van der Waals surface area (Å²) in [7, 11) is 0. The van der Waals surface area contributed by atoms with E-state index in [0.29, 0.717) is 0 Å². The highest BCUT2D eigenvalue weighted by atomic mass is 127. The summed E-state index contributed by atoms with van der Waals surface area (Å²) in [6, 6.07) is 0. The zero-order chi connectivity index (χ0) is 15.0. The van der Waals surface area contributed by atoms with Crippen LogP contribution in [0, 0.1) is 8.96 Å². The molecule has 0 bridgehead atoms. The lowest BCUT2D eigenvalue weighted by Crippen LogP contribution is -2.22. The first kappa shape index (κ1) is 18.3. The van der Waals surface area contributed by atoms with Crippen LogP contribution in [0.4, 0.5) is 4.39 Å². The molecule has 1 atom stereocenters. The van der Waals surface area contributed by atoms with Gasteiger partial charge in [0.05, 0.1) is 0 Å². The van der Waals surface area contributed by atoms with Crippen LogP contribution in [0.3, 0.4) is 0 Å². The number of thiazole rings is 1. The molecule has 0 amide bonds. The molecule has 0 saturated heterocycles. The molecule has 1 aromatic heterocycles. The summed E-state index contributed by atoms with van der Waals surface area (Å²) in [5.74, 6) is 0. The minimum Gasteiger partial charge on any atom is -0.203 e. The first-order chi connectivity index (χ1) is 9.53. The molecule has 20 heavy (non-hydrogen) atoms. The topological polar surface area (TPSA) is 12.9 Å². The van der Waals surface area contributed by atoms with Crippen molar-refractivity contribution in [1.29, 1.82) is 0 Å². The Morgan fingerprint density at radius 1 is 1.05 bits per heavy atom. The molecule has 0 fully saturated rings. The number of halogens is 2. The van der Waals surface area contributed by atoms with Crippen molar-refractivity contribution in [1.82, 2.24) is 4.98 Å². The van der Waals surface area contributed by atoms with Gasteiger partial charge in [0, 0.05) is 10.3 Å². The number of hydrogen-bond acceptors (Lipinski definition) is 2. The number of rotatable bonds is 10. The van der Waals surface area contributed by atoms with E-state index in [2.05, 4.69) is 48.3 Å². The predicted molar refractivity (Wildman–Crippen MR) is 95.0 cm³/mol. The summed E-state index contributed by atoms with van der Waals surface area (Å²) in [6.45, 7) is 6.78. The van der Waals surface area contributed by atoms with Gasteiger partial charge in [0.1, 0.15) is 3.70 Å². The Labute approximate surface area is 140 Å². The third-order valence-electron chi connectivity index (χ3n) is 4.02. The van der Waals surface area contributed by atoms with Crippen molar-refractivity contribution in [3.8, 4) is 0 Å². The molecule has 1 heterocycles. The second-order valence-corrected chi connectivity index (χ2v) is 7.89. The number of hydrogen-bond donors (Lipinski definition) is 0. The first-order valence-electron chi connectivity index (χ1n) is 7.85. The number of nitrogens with zero attached hydrogens (tertiary/aromatic N) is 1. The van der Waals surface area contributed by atoms with Crippen molar-refractivity contribution in [2.45, 2.75) is 84.0 Å². The van der Waals surface area contributed by atoms with Crippen molar-refractivity contribution in [2.75, 3.05) is 0 Å². The number of aromatic nitrogens is 1. The second kappa shape index (κ2) is 9.34. The van der Waals surface area contributed by atoms with Gasteiger partial charge in [0.2, 0.25) is 0 Å². The Morgan fingerprint density at radius 3 is 2.10 bits per heavy atom. The van der Waals surface area contributed by atoms with Crippen LogP contribution in [-0.4, -0.2) is 4.98 Å². The van der Waals surface area contributed by atoms with Gasteiger partial charge in [-0.3, -0.25) is 0 Å². The third-order valence-corrected chi connectivity index (χ3v) is 6.32. The summed E-state index contributed by atoms with van der Waals surface area (Å²) in [6.07, 6.45) is 11.2. The van der Waals surface area contributed by atoms with Crippen LogP contribution in [0.2, 0.25) is 0 Å². The fourth-order valence-corrected chi connectivity index (χ4v) is 4.95. The van der Waals surface area contributed by atoms with Crippen molar-refractivity contribution >= 4 is 33.9 Å². The van der Waals surface area contributed by atoms with Crippen LogP contribution in [0.15, 0.2) is 0 Å². The molecule has 1 unspecified atom stereocenters. The molecule has 1 aromatic rings. The monoisotopic (exact) mass is 411 g/mol. The number of unbranched alkanes of at least 4 members (excludes halogenated alkanes) is 5. The molecule has 0 aromatic carbocycles. The quantitative estimate of drug-likeness (QED) is 0.309. The zero-order valence-electron chi connectivity index (χ0n) is 13.0. The highest BCUT2D eigenvalue weighted by molar-refractivity contribution is 14.1. The van der Waals surface area contributed by atoms with E-state index in [1.54, 1.807) is 0 Å². The van der Waals surface area contributed by atoms with Gasteiger partial charge in [0.25, 0.3) is 5.26 Å². The molecule has 0 saturated carbocycles. The maximum Gasteiger partial charge on any atom is 0.270 e. The van der Waals surface area contributed by atoms with Crippen molar-refractivity contribution < 1.29 is 4.39 Å². The Balaban J connectivity index is 2.74. The van der Waals surface area contributed by atoms with E-state index in [1.165, 1.54) is 61.2 Å². The fourth-order valence-electron chi connectivity index (χ4n) is 2.71. The molecular weight excluding hydrogens is 384 g/mol. The molecular formula is C16H27FINS. The zero-order valence-corrected chi connectivity index (χ0v) is 15.9. The average molecular weight is 411 g/mol. The maximum absolute atomic E-state index is 13.5. The minimum absolute atomic E-state index is 0.113. The highest BCUT2D eigenvalue weighted by Crippen LogP contribution is 2.40. The average Bonchev–Trinajstić information content (AvgIpc) is 2.75. The lowest BCUT2D eigenvalue weighted by Gasteiger charge is -2.29. The van der Waals surface area contributed by atoms with Gasteiger partial charge in [-0.1, -0.05) is 77.1 Å². The van der Waals surface area contributed by atoms with Crippen molar-refractivity contribution in [2.24, 2.45) is 0 Å². The van der Waals surface area contributed by atoms with E-state index < -0.39 is 0 Å². The van der Waals surface area contributed by atoms with Crippen LogP contribution in [0.25, 0.3) is 0 Å². The first-order valence-corrected chi connectivity index (χ1v) is 9.75. The van der Waals surface area contributed by atoms with Crippen LogP contribution >= 0.6 is 33.9 Å². The molecule has 0 aliphatic heterocycles. The molecule has 4 heteroatoms. The lowest BCUT2D eigenvalue weighted by molar-refractivity contribution is 0.370. The molecule has 0 radical (unpaired) electrons. The summed E-state index contributed by atoms with van der Waals surface area (Å²) in [4.78, 5) is 5.16. The SMILES string of the molecule is CCCCCCC(C)(CCCCC)c1sc(F)nc1I. The summed E-state index contributed by atoms with van der Waals surface area (Å²) in [5.41, 5.74) is 0.113. The summed E-state index contributed by atoms with van der Waals surface area (Å²) >= 11 is 3.45. The van der Waals surface area contributed by atoms with E-state index in [4.69, 9.17) is 0 Å². The fraction of sp³-hybridized carbons (Fsp3) is 0.812. The second-order valence-electron chi connectivity index (χ2n) is 5.92. The molecule has 0 aliphatic carbocycles. The third kappa shape index (κ3) is 5.58. The molecule has 116 valence electrons. The van der Waals surface area contributed by atoms with Crippen molar-refractivity contribution in [3.63, 3.8) is 0 Å². The van der Waals surface area contributed by atoms with Crippen LogP contribution in [0.5, 0.6) is 0 Å². The van der Waals surface area contributed by atoms with E-state index in [-0.39, 0.29) is 10.7 Å². The van der Waals surface area contributed by atoms with Crippen molar-refractivity contribution in [3.05, 3.63) is 13.8 Å². The van der Waals surface area contributed by atoms with E-state index in [9.17, 15) is 4.39 Å². The summed E-state index contributed by atoms with van der Waals surface area (Å²) in [5, 5.41) is -0.278. The maximum atomic E-state index is 13.5. The van der Waals surface area contributed by atoms with Crippen LogP contribution in [0.1, 0.15) is 83.4 Å². The minimum atomic E-state index is -0.278. The van der Waals surface area contributed by atoms with Gasteiger partial charge in [-0.15, -0.1) is 0 Å². The van der Waals surface area contributed by atoms with Gasteiger partial charge in [-0.05, 0) is 35.4 Å². The van der Waals surface area contributed by atoms with Gasteiger partial charge in [-0.2, -0.15) is 4.39 Å². The van der Waals surface area contributed by atoms with Gasteiger partial charge >= 0.3 is 0 Å². The van der Waals surface area contributed by atoms with E-state index in [0.717, 1.165) is 16.5 Å². The van der Waals surface area contributed by atoms with Crippen LogP contribution < -0.4 is 0 Å². The Hall–Kier alpha value is 0.290. The van der Waals surface area contributed by atoms with Gasteiger partial charge in [-0.25, -0.2) is 4.98 Å². The Morgan fingerprint density at radius 2 is 1.60 bits per heavy atom. The van der Waals surface area contributed by atoms with E-state index >= 15 is 0 Å². The molecule has 0 N–H and O–H groups in total. The molecule has 0 aliphatic rings. The highest BCUT2D eigenvalue weighted by Gasteiger charge is 2.31.